The lowest BCUT2D eigenvalue weighted by Gasteiger charge is -2.48. The average Bonchev–Trinajstić information content (AvgIpc) is 3.25. The normalized spacial score (nSPS) is 17.4. The molecular weight excluding hydrogens is 743 g/mol. The Morgan fingerprint density at radius 1 is 0.583 bits per heavy atom. The van der Waals surface area contributed by atoms with Crippen molar-refractivity contribution in [2.24, 2.45) is 0 Å². The molecule has 0 amide bonds. The molecule has 5 aromatic carbocycles. The Labute approximate surface area is 350 Å². The minimum atomic E-state index is -0.320. The van der Waals surface area contributed by atoms with Crippen LogP contribution in [0.1, 0.15) is 81.2 Å². The number of anilines is 5. The van der Waals surface area contributed by atoms with Crippen LogP contribution in [0, 0.1) is 6.92 Å². The molecule has 60 heavy (non-hydrogen) atoms. The van der Waals surface area contributed by atoms with E-state index in [2.05, 4.69) is 97.8 Å². The second kappa shape index (κ2) is 13.5. The van der Waals surface area contributed by atoms with Crippen molar-refractivity contribution in [1.82, 2.24) is 0 Å². The highest BCUT2D eigenvalue weighted by Crippen LogP contribution is 2.52. The summed E-state index contributed by atoms with van der Waals surface area (Å²) in [5.74, 6) is 0. The highest BCUT2D eigenvalue weighted by molar-refractivity contribution is 5.95. The van der Waals surface area contributed by atoms with E-state index in [1.165, 1.54) is 39.2 Å². The average molecular weight is 794 g/mol. The van der Waals surface area contributed by atoms with Crippen LogP contribution in [0.5, 0.6) is 0 Å². The summed E-state index contributed by atoms with van der Waals surface area (Å²) in [7, 11) is 0. The maximum absolute atomic E-state index is 13.9. The third kappa shape index (κ3) is 5.68. The fourth-order valence-corrected chi connectivity index (χ4v) is 10.9. The predicted octanol–water partition coefficient (Wildman–Crippen LogP) is 11.9. The van der Waals surface area contributed by atoms with E-state index in [0.29, 0.717) is 11.1 Å². The summed E-state index contributed by atoms with van der Waals surface area (Å²) in [4.78, 5) is 34.9. The highest BCUT2D eigenvalue weighted by Gasteiger charge is 2.42. The Morgan fingerprint density at radius 2 is 1.13 bits per heavy atom. The number of hydrogen-bond donors (Lipinski definition) is 0. The zero-order chi connectivity index (χ0) is 41.1. The standard InChI is InChI=1S/C53H51N3O4/c1-32-39-13-9-25-54-26-10-14-40(46(39)54)49-41(32)31-43(51(58)60-49)34-17-21-38(22-18-34)56(36-11-7-6-8-12-36)37-19-15-33(16-20-37)42-29-35-30-44-47-45(48(35)59-50(42)57)53(4,5)24-28-55(47)27-23-52(44,2)3/h6-8,11-12,15-22,29-31H,9-10,13-14,23-28H2,1-5H3. The van der Waals surface area contributed by atoms with Crippen LogP contribution in [-0.4, -0.2) is 26.2 Å². The van der Waals surface area contributed by atoms with Gasteiger partial charge in [-0.1, -0.05) is 70.2 Å². The van der Waals surface area contributed by atoms with E-state index in [1.54, 1.807) is 0 Å². The van der Waals surface area contributed by atoms with E-state index in [9.17, 15) is 9.59 Å². The Bertz CT molecular complexity index is 2990. The summed E-state index contributed by atoms with van der Waals surface area (Å²) in [6.07, 6.45) is 6.35. The lowest BCUT2D eigenvalue weighted by Crippen LogP contribution is -2.44. The molecule has 7 aromatic rings. The molecular formula is C53H51N3O4. The van der Waals surface area contributed by atoms with E-state index in [1.807, 2.05) is 48.5 Å². The van der Waals surface area contributed by atoms with Crippen molar-refractivity contribution in [3.63, 3.8) is 0 Å². The van der Waals surface area contributed by atoms with Crippen molar-refractivity contribution in [1.29, 1.82) is 0 Å². The molecule has 2 aromatic heterocycles. The second-order valence-electron chi connectivity index (χ2n) is 18.8. The van der Waals surface area contributed by atoms with Crippen molar-refractivity contribution in [2.45, 2.75) is 84.0 Å². The Hall–Kier alpha value is -6.08. The van der Waals surface area contributed by atoms with Crippen molar-refractivity contribution in [3.05, 3.63) is 146 Å². The van der Waals surface area contributed by atoms with Gasteiger partial charge < -0.3 is 23.5 Å². The van der Waals surface area contributed by atoms with Gasteiger partial charge in [-0.25, -0.2) is 9.59 Å². The highest BCUT2D eigenvalue weighted by atomic mass is 16.4. The largest absolute Gasteiger partial charge is 0.422 e. The summed E-state index contributed by atoms with van der Waals surface area (Å²) in [5, 5.41) is 2.03. The van der Waals surface area contributed by atoms with Gasteiger partial charge in [0.15, 0.2) is 0 Å². The first kappa shape index (κ1) is 37.0. The molecule has 0 bridgehead atoms. The first-order valence-electron chi connectivity index (χ1n) is 21.8. The molecule has 7 nitrogen and oxygen atoms in total. The predicted molar refractivity (Wildman–Crippen MR) is 245 cm³/mol. The van der Waals surface area contributed by atoms with E-state index < -0.39 is 0 Å². The molecule has 0 unspecified atom stereocenters. The van der Waals surface area contributed by atoms with Crippen LogP contribution in [0.4, 0.5) is 28.4 Å². The molecule has 0 saturated carbocycles. The fourth-order valence-electron chi connectivity index (χ4n) is 10.9. The van der Waals surface area contributed by atoms with Gasteiger partial charge in [-0.3, -0.25) is 0 Å². The quantitative estimate of drug-likeness (QED) is 0.161. The van der Waals surface area contributed by atoms with Gasteiger partial charge in [0, 0.05) is 76.5 Å². The molecule has 4 aliphatic heterocycles. The van der Waals surface area contributed by atoms with Crippen LogP contribution < -0.4 is 26.0 Å². The molecule has 0 saturated heterocycles. The summed E-state index contributed by atoms with van der Waals surface area (Å²) < 4.78 is 12.6. The molecule has 4 aliphatic rings. The van der Waals surface area contributed by atoms with Gasteiger partial charge in [-0.2, -0.15) is 0 Å². The zero-order valence-electron chi connectivity index (χ0n) is 35.3. The fraction of sp³-hybridized carbons (Fsp3) is 0.321. The molecule has 0 spiro atoms. The number of benzene rings is 5. The lowest BCUT2D eigenvalue weighted by atomic mass is 9.69. The molecule has 0 fully saturated rings. The van der Waals surface area contributed by atoms with E-state index in [4.69, 9.17) is 8.83 Å². The molecule has 0 N–H and O–H groups in total. The van der Waals surface area contributed by atoms with Crippen LogP contribution >= 0.6 is 0 Å². The van der Waals surface area contributed by atoms with E-state index in [0.717, 1.165) is 115 Å². The second-order valence-corrected chi connectivity index (χ2v) is 18.8. The lowest BCUT2D eigenvalue weighted by molar-refractivity contribution is 0.398. The monoisotopic (exact) mass is 793 g/mol. The van der Waals surface area contributed by atoms with Gasteiger partial charge in [0.25, 0.3) is 0 Å². The van der Waals surface area contributed by atoms with Gasteiger partial charge in [-0.05, 0) is 139 Å². The third-order valence-corrected chi connectivity index (χ3v) is 14.3. The number of nitrogens with zero attached hydrogens (tertiary/aromatic N) is 3. The van der Waals surface area contributed by atoms with Crippen molar-refractivity contribution in [3.8, 4) is 22.3 Å². The number of rotatable bonds is 5. The van der Waals surface area contributed by atoms with Crippen LogP contribution in [0.25, 0.3) is 44.2 Å². The number of aryl methyl sites for hydroxylation is 2. The topological polar surface area (TPSA) is 70.1 Å². The summed E-state index contributed by atoms with van der Waals surface area (Å²) >= 11 is 0. The molecule has 0 atom stereocenters. The third-order valence-electron chi connectivity index (χ3n) is 14.3. The van der Waals surface area contributed by atoms with E-state index >= 15 is 0 Å². The summed E-state index contributed by atoms with van der Waals surface area (Å²) in [5.41, 5.74) is 15.4. The zero-order valence-corrected chi connectivity index (χ0v) is 35.3. The Balaban J connectivity index is 0.961. The maximum atomic E-state index is 13.9. The van der Waals surface area contributed by atoms with Gasteiger partial charge in [0.05, 0.1) is 11.1 Å². The van der Waals surface area contributed by atoms with Crippen LogP contribution in [-0.2, 0) is 23.7 Å². The van der Waals surface area contributed by atoms with Crippen LogP contribution in [0.3, 0.4) is 0 Å². The van der Waals surface area contributed by atoms with Gasteiger partial charge >= 0.3 is 11.3 Å². The van der Waals surface area contributed by atoms with Crippen molar-refractivity contribution >= 4 is 50.4 Å². The molecule has 302 valence electrons. The number of fused-ring (bicyclic) bond motifs is 4. The SMILES string of the molecule is Cc1c2c3c(c4oc(=O)c(-c5ccc(N(c6ccccc6)c6ccc(-c7cc8cc9c%10c(c8oc7=O)C(C)(C)CCN%10CCC9(C)C)cc6)cc5)cc14)CCCN3CCC2. The van der Waals surface area contributed by atoms with Gasteiger partial charge in [0.1, 0.15) is 11.2 Å². The Kier molecular flexibility index (Phi) is 8.30. The van der Waals surface area contributed by atoms with Gasteiger partial charge in [0.2, 0.25) is 0 Å². The number of para-hydroxylation sites is 1. The van der Waals surface area contributed by atoms with Gasteiger partial charge in [-0.15, -0.1) is 0 Å². The van der Waals surface area contributed by atoms with Crippen molar-refractivity contribution < 1.29 is 8.83 Å². The minimum Gasteiger partial charge on any atom is -0.422 e. The smallest absolute Gasteiger partial charge is 0.344 e. The molecule has 6 heterocycles. The first-order valence-corrected chi connectivity index (χ1v) is 21.8. The minimum absolute atomic E-state index is 0.0259. The molecule has 7 heteroatoms. The first-order chi connectivity index (χ1) is 29.0. The maximum Gasteiger partial charge on any atom is 0.344 e. The van der Waals surface area contributed by atoms with Crippen LogP contribution in [0.15, 0.2) is 115 Å². The molecule has 0 aliphatic carbocycles. The molecule has 11 rings (SSSR count). The summed E-state index contributed by atoms with van der Waals surface area (Å²) in [6.45, 7) is 15.6. The number of hydrogen-bond acceptors (Lipinski definition) is 7. The van der Waals surface area contributed by atoms with Crippen LogP contribution in [0.2, 0.25) is 0 Å². The summed E-state index contributed by atoms with van der Waals surface area (Å²) in [6, 6.07) is 33.0. The molecule has 0 radical (unpaired) electrons. The Morgan fingerprint density at radius 3 is 1.78 bits per heavy atom. The van der Waals surface area contributed by atoms with Crippen molar-refractivity contribution in [2.75, 3.05) is 40.9 Å². The van der Waals surface area contributed by atoms with E-state index in [-0.39, 0.29) is 22.1 Å².